The molecule has 0 bridgehead atoms. The second kappa shape index (κ2) is 5.91. The van der Waals surface area contributed by atoms with E-state index in [4.69, 9.17) is 5.73 Å². The lowest BCUT2D eigenvalue weighted by molar-refractivity contribution is 0.143. The Morgan fingerprint density at radius 2 is 2.11 bits per heavy atom. The van der Waals surface area contributed by atoms with Gasteiger partial charge in [0, 0.05) is 32.2 Å². The van der Waals surface area contributed by atoms with E-state index in [9.17, 15) is 0 Å². The van der Waals surface area contributed by atoms with Gasteiger partial charge in [-0.1, -0.05) is 0 Å². The SMILES string of the molecule is CC(C)N1CCCC(CN=C(N)N(C)C2CC2)C1. The molecule has 0 amide bonds. The minimum absolute atomic E-state index is 0.656. The quantitative estimate of drug-likeness (QED) is 0.609. The maximum Gasteiger partial charge on any atom is 0.191 e. The lowest BCUT2D eigenvalue weighted by Gasteiger charge is -2.35. The molecular weight excluding hydrogens is 224 g/mol. The van der Waals surface area contributed by atoms with Gasteiger partial charge in [-0.25, -0.2) is 0 Å². The minimum atomic E-state index is 0.656. The van der Waals surface area contributed by atoms with Crippen molar-refractivity contribution >= 4 is 5.96 Å². The zero-order valence-electron chi connectivity index (χ0n) is 12.1. The summed E-state index contributed by atoms with van der Waals surface area (Å²) in [6, 6.07) is 1.32. The van der Waals surface area contributed by atoms with E-state index in [-0.39, 0.29) is 0 Å². The number of rotatable bonds is 4. The first-order valence-corrected chi connectivity index (χ1v) is 7.34. The molecule has 0 aromatic heterocycles. The van der Waals surface area contributed by atoms with Gasteiger partial charge in [-0.2, -0.15) is 0 Å². The van der Waals surface area contributed by atoms with Crippen LogP contribution >= 0.6 is 0 Å². The van der Waals surface area contributed by atoms with E-state index < -0.39 is 0 Å². The number of aliphatic imine (C=N–C) groups is 1. The number of nitrogens with zero attached hydrogens (tertiary/aromatic N) is 3. The van der Waals surface area contributed by atoms with Crippen LogP contribution in [0.15, 0.2) is 4.99 Å². The molecule has 1 unspecified atom stereocenters. The largest absolute Gasteiger partial charge is 0.370 e. The molecule has 2 N–H and O–H groups in total. The van der Waals surface area contributed by atoms with E-state index in [2.05, 4.69) is 35.7 Å². The smallest absolute Gasteiger partial charge is 0.191 e. The molecule has 1 aliphatic heterocycles. The molecule has 1 heterocycles. The van der Waals surface area contributed by atoms with E-state index >= 15 is 0 Å². The summed E-state index contributed by atoms with van der Waals surface area (Å²) in [5.74, 6) is 1.42. The predicted molar refractivity (Wildman–Crippen MR) is 76.7 cm³/mol. The van der Waals surface area contributed by atoms with Gasteiger partial charge in [0.25, 0.3) is 0 Å². The number of hydrogen-bond acceptors (Lipinski definition) is 2. The summed E-state index contributed by atoms with van der Waals surface area (Å²) < 4.78 is 0. The average Bonchev–Trinajstić information content (AvgIpc) is 3.19. The zero-order valence-corrected chi connectivity index (χ0v) is 12.1. The van der Waals surface area contributed by atoms with Crippen molar-refractivity contribution < 1.29 is 0 Å². The number of likely N-dealkylation sites (tertiary alicyclic amines) is 1. The lowest BCUT2D eigenvalue weighted by atomic mass is 9.97. The molecule has 0 aromatic rings. The Balaban J connectivity index is 1.79. The molecule has 1 saturated heterocycles. The number of guanidine groups is 1. The molecule has 2 fully saturated rings. The lowest BCUT2D eigenvalue weighted by Crippen LogP contribution is -2.41. The molecule has 4 heteroatoms. The van der Waals surface area contributed by atoms with Crippen molar-refractivity contribution in [2.24, 2.45) is 16.6 Å². The first-order chi connectivity index (χ1) is 8.58. The average molecular weight is 252 g/mol. The molecule has 2 rings (SSSR count). The third-order valence-electron chi connectivity index (χ3n) is 4.25. The van der Waals surface area contributed by atoms with Crippen molar-refractivity contribution in [2.45, 2.75) is 51.6 Å². The van der Waals surface area contributed by atoms with E-state index in [1.165, 1.54) is 38.8 Å². The predicted octanol–water partition coefficient (Wildman–Crippen LogP) is 1.52. The molecule has 0 aromatic carbocycles. The summed E-state index contributed by atoms with van der Waals surface area (Å²) in [5, 5.41) is 0. The van der Waals surface area contributed by atoms with Gasteiger partial charge in [0.2, 0.25) is 0 Å². The van der Waals surface area contributed by atoms with E-state index in [1.807, 2.05) is 0 Å². The fourth-order valence-electron chi connectivity index (χ4n) is 2.70. The second-order valence-corrected chi connectivity index (χ2v) is 6.14. The summed E-state index contributed by atoms with van der Waals surface area (Å²) in [4.78, 5) is 9.30. The molecule has 104 valence electrons. The first-order valence-electron chi connectivity index (χ1n) is 7.34. The standard InChI is InChI=1S/C14H28N4/c1-11(2)18-8-4-5-12(10-18)9-16-14(15)17(3)13-6-7-13/h11-13H,4-10H2,1-3H3,(H2,15,16). The van der Waals surface area contributed by atoms with Crippen molar-refractivity contribution in [3.05, 3.63) is 0 Å². The van der Waals surface area contributed by atoms with Crippen LogP contribution in [0.5, 0.6) is 0 Å². The molecule has 2 aliphatic rings. The number of nitrogens with two attached hydrogens (primary N) is 1. The van der Waals surface area contributed by atoms with Gasteiger partial charge < -0.3 is 15.5 Å². The third-order valence-corrected chi connectivity index (χ3v) is 4.25. The van der Waals surface area contributed by atoms with Gasteiger partial charge in [0.15, 0.2) is 5.96 Å². The molecule has 1 aliphatic carbocycles. The van der Waals surface area contributed by atoms with Crippen LogP contribution in [-0.4, -0.2) is 54.5 Å². The Kier molecular flexibility index (Phi) is 4.49. The molecular formula is C14H28N4. The van der Waals surface area contributed by atoms with E-state index in [0.29, 0.717) is 18.0 Å². The van der Waals surface area contributed by atoms with Crippen LogP contribution in [0.4, 0.5) is 0 Å². The Morgan fingerprint density at radius 3 is 2.72 bits per heavy atom. The van der Waals surface area contributed by atoms with Crippen LogP contribution in [0.1, 0.15) is 39.5 Å². The fraction of sp³-hybridized carbons (Fsp3) is 0.929. The topological polar surface area (TPSA) is 44.9 Å². The Bertz CT molecular complexity index is 296. The maximum atomic E-state index is 6.03. The summed E-state index contributed by atoms with van der Waals surface area (Å²) in [7, 11) is 2.07. The summed E-state index contributed by atoms with van der Waals surface area (Å²) in [6.45, 7) is 7.88. The highest BCUT2D eigenvalue weighted by molar-refractivity contribution is 5.78. The van der Waals surface area contributed by atoms with Crippen LogP contribution in [0.2, 0.25) is 0 Å². The normalized spacial score (nSPS) is 26.7. The Hall–Kier alpha value is -0.770. The van der Waals surface area contributed by atoms with Gasteiger partial charge in [-0.3, -0.25) is 4.99 Å². The van der Waals surface area contributed by atoms with Gasteiger partial charge in [-0.15, -0.1) is 0 Å². The first kappa shape index (κ1) is 13.7. The van der Waals surface area contributed by atoms with Crippen molar-refractivity contribution in [2.75, 3.05) is 26.7 Å². The van der Waals surface area contributed by atoms with Crippen molar-refractivity contribution in [1.29, 1.82) is 0 Å². The number of hydrogen-bond donors (Lipinski definition) is 1. The highest BCUT2D eigenvalue weighted by Gasteiger charge is 2.27. The van der Waals surface area contributed by atoms with Crippen LogP contribution in [0.25, 0.3) is 0 Å². The second-order valence-electron chi connectivity index (χ2n) is 6.14. The number of piperidine rings is 1. The summed E-state index contributed by atoms with van der Waals surface area (Å²) in [6.07, 6.45) is 5.15. The highest BCUT2D eigenvalue weighted by Crippen LogP contribution is 2.25. The molecule has 18 heavy (non-hydrogen) atoms. The monoisotopic (exact) mass is 252 g/mol. The molecule has 1 atom stereocenters. The zero-order chi connectivity index (χ0) is 13.1. The van der Waals surface area contributed by atoms with Gasteiger partial charge in [0.05, 0.1) is 0 Å². The van der Waals surface area contributed by atoms with Crippen LogP contribution in [-0.2, 0) is 0 Å². The van der Waals surface area contributed by atoms with Gasteiger partial charge >= 0.3 is 0 Å². The molecule has 0 radical (unpaired) electrons. The third kappa shape index (κ3) is 3.61. The molecule has 0 spiro atoms. The van der Waals surface area contributed by atoms with Crippen LogP contribution in [0.3, 0.4) is 0 Å². The molecule has 1 saturated carbocycles. The van der Waals surface area contributed by atoms with Crippen molar-refractivity contribution in [3.63, 3.8) is 0 Å². The van der Waals surface area contributed by atoms with E-state index in [0.717, 1.165) is 12.5 Å². The Labute approximate surface area is 111 Å². The molecule has 4 nitrogen and oxygen atoms in total. The van der Waals surface area contributed by atoms with E-state index in [1.54, 1.807) is 0 Å². The fourth-order valence-corrected chi connectivity index (χ4v) is 2.70. The minimum Gasteiger partial charge on any atom is -0.370 e. The maximum absolute atomic E-state index is 6.03. The highest BCUT2D eigenvalue weighted by atomic mass is 15.3. The Morgan fingerprint density at radius 1 is 1.39 bits per heavy atom. The summed E-state index contributed by atoms with van der Waals surface area (Å²) in [5.41, 5.74) is 6.03. The van der Waals surface area contributed by atoms with Gasteiger partial charge in [0.1, 0.15) is 0 Å². The van der Waals surface area contributed by atoms with Gasteiger partial charge in [-0.05, 0) is 52.0 Å². The summed E-state index contributed by atoms with van der Waals surface area (Å²) >= 11 is 0. The van der Waals surface area contributed by atoms with Crippen LogP contribution in [0, 0.1) is 5.92 Å². The van der Waals surface area contributed by atoms with Crippen LogP contribution < -0.4 is 5.73 Å². The van der Waals surface area contributed by atoms with Crippen molar-refractivity contribution in [3.8, 4) is 0 Å². The van der Waals surface area contributed by atoms with Crippen molar-refractivity contribution in [1.82, 2.24) is 9.80 Å².